The van der Waals surface area contributed by atoms with E-state index in [2.05, 4.69) is 9.38 Å². The van der Waals surface area contributed by atoms with Crippen LogP contribution in [0.3, 0.4) is 0 Å². The molecule has 1 atom stereocenters. The number of hydrogen-bond acceptors (Lipinski definition) is 2. The van der Waals surface area contributed by atoms with Crippen molar-refractivity contribution in [2.24, 2.45) is 4.40 Å². The molecule has 0 aliphatic heterocycles. The van der Waals surface area contributed by atoms with Crippen LogP contribution >= 0.6 is 11.6 Å². The van der Waals surface area contributed by atoms with Gasteiger partial charge in [0.25, 0.3) is 0 Å². The molecule has 0 radical (unpaired) electrons. The van der Waals surface area contributed by atoms with Crippen LogP contribution in [0.2, 0.25) is 5.02 Å². The number of nitrogens with zero attached hydrogens (tertiary/aromatic N) is 2. The second-order valence-electron chi connectivity index (χ2n) is 4.00. The molecule has 3 nitrogen and oxygen atoms in total. The normalized spacial score (nSPS) is 14.4. The van der Waals surface area contributed by atoms with E-state index in [4.69, 9.17) is 11.6 Å². The molecule has 0 aliphatic carbocycles. The Labute approximate surface area is 97.2 Å². The summed E-state index contributed by atoms with van der Waals surface area (Å²) in [7, 11) is -1.25. The van der Waals surface area contributed by atoms with Gasteiger partial charge >= 0.3 is 0 Å². The van der Waals surface area contributed by atoms with Gasteiger partial charge in [0.1, 0.15) is 11.0 Å². The number of hydrogen-bond donors (Lipinski definition) is 0. The van der Waals surface area contributed by atoms with Crippen LogP contribution in [0.5, 0.6) is 0 Å². The van der Waals surface area contributed by atoms with Crippen LogP contribution in [0.1, 0.15) is 26.5 Å². The Morgan fingerprint density at radius 1 is 1.47 bits per heavy atom. The van der Waals surface area contributed by atoms with Gasteiger partial charge in [-0.1, -0.05) is 11.6 Å². The average Bonchev–Trinajstić information content (AvgIpc) is 2.15. The average molecular weight is 245 g/mol. The molecular weight excluding hydrogens is 232 g/mol. The van der Waals surface area contributed by atoms with Crippen molar-refractivity contribution in [3.63, 3.8) is 0 Å². The van der Waals surface area contributed by atoms with Gasteiger partial charge in [-0.2, -0.15) is 4.40 Å². The van der Waals surface area contributed by atoms with Crippen LogP contribution in [-0.4, -0.2) is 20.2 Å². The summed E-state index contributed by atoms with van der Waals surface area (Å²) in [6, 6.07) is 3.45. The fourth-order valence-electron chi connectivity index (χ4n) is 0.724. The van der Waals surface area contributed by atoms with Crippen molar-refractivity contribution in [1.29, 1.82) is 0 Å². The zero-order valence-corrected chi connectivity index (χ0v) is 10.5. The predicted octanol–water partition coefficient (Wildman–Crippen LogP) is 2.62. The van der Waals surface area contributed by atoms with Gasteiger partial charge in [0.2, 0.25) is 0 Å². The summed E-state index contributed by atoms with van der Waals surface area (Å²) in [5.74, 6) is 0. The number of rotatable bonds is 2. The van der Waals surface area contributed by atoms with E-state index in [0.717, 1.165) is 0 Å². The SMILES string of the molecule is CC(C)(C)[S@@](=O)/N=C/c1ccc(Cl)cn1. The highest BCUT2D eigenvalue weighted by molar-refractivity contribution is 7.85. The van der Waals surface area contributed by atoms with Crippen LogP contribution in [0.25, 0.3) is 0 Å². The highest BCUT2D eigenvalue weighted by atomic mass is 35.5. The van der Waals surface area contributed by atoms with Crippen molar-refractivity contribution in [2.75, 3.05) is 0 Å². The van der Waals surface area contributed by atoms with Crippen molar-refractivity contribution < 1.29 is 4.21 Å². The molecule has 1 rings (SSSR count). The third-order valence-corrected chi connectivity index (χ3v) is 3.12. The number of pyridine rings is 1. The van der Waals surface area contributed by atoms with Gasteiger partial charge in [-0.25, -0.2) is 4.21 Å². The standard InChI is InChI=1S/C10H13ClN2OS/c1-10(2,3)15(14)13-7-9-5-4-8(11)6-12-9/h4-7H,1-3H3/b13-7+/t15-/m1/s1. The maximum Gasteiger partial charge on any atom is 0.144 e. The lowest BCUT2D eigenvalue weighted by Crippen LogP contribution is -2.19. The largest absolute Gasteiger partial charge is 0.254 e. The van der Waals surface area contributed by atoms with Crippen LogP contribution in [-0.2, 0) is 11.0 Å². The second kappa shape index (κ2) is 4.86. The van der Waals surface area contributed by atoms with E-state index in [1.165, 1.54) is 12.4 Å². The molecule has 0 N–H and O–H groups in total. The molecule has 0 aliphatic rings. The molecule has 0 spiro atoms. The van der Waals surface area contributed by atoms with Gasteiger partial charge in [0, 0.05) is 6.20 Å². The summed E-state index contributed by atoms with van der Waals surface area (Å²) in [6.07, 6.45) is 3.03. The fraction of sp³-hybridized carbons (Fsp3) is 0.400. The lowest BCUT2D eigenvalue weighted by Gasteiger charge is -2.12. The monoisotopic (exact) mass is 244 g/mol. The Hall–Kier alpha value is -0.740. The predicted molar refractivity (Wildman–Crippen MR) is 64.7 cm³/mol. The molecule has 0 amide bonds. The zero-order chi connectivity index (χ0) is 11.5. The van der Waals surface area contributed by atoms with Crippen molar-refractivity contribution in [2.45, 2.75) is 25.5 Å². The van der Waals surface area contributed by atoms with Gasteiger partial charge in [-0.15, -0.1) is 0 Å². The maximum atomic E-state index is 11.6. The third-order valence-electron chi connectivity index (χ3n) is 1.55. The van der Waals surface area contributed by atoms with Crippen molar-refractivity contribution >= 4 is 28.8 Å². The van der Waals surface area contributed by atoms with Gasteiger partial charge in [0.15, 0.2) is 0 Å². The smallest absolute Gasteiger partial charge is 0.144 e. The first-order chi connectivity index (χ1) is 6.89. The third kappa shape index (κ3) is 4.10. The number of aromatic nitrogens is 1. The molecule has 0 saturated carbocycles. The van der Waals surface area contributed by atoms with Crippen LogP contribution in [0.4, 0.5) is 0 Å². The van der Waals surface area contributed by atoms with Crippen molar-refractivity contribution in [3.8, 4) is 0 Å². The number of halogens is 1. The van der Waals surface area contributed by atoms with Crippen LogP contribution < -0.4 is 0 Å². The van der Waals surface area contributed by atoms with Crippen molar-refractivity contribution in [3.05, 3.63) is 29.0 Å². The van der Waals surface area contributed by atoms with E-state index in [1.807, 2.05) is 20.8 Å². The molecule has 1 heterocycles. The van der Waals surface area contributed by atoms with E-state index in [1.54, 1.807) is 12.1 Å². The quantitative estimate of drug-likeness (QED) is 0.751. The zero-order valence-electron chi connectivity index (χ0n) is 8.90. The summed E-state index contributed by atoms with van der Waals surface area (Å²) in [5, 5.41) is 0.573. The van der Waals surface area contributed by atoms with E-state index in [-0.39, 0.29) is 4.75 Å². The minimum atomic E-state index is -1.25. The molecule has 1 aromatic heterocycles. The molecule has 0 bridgehead atoms. The van der Waals surface area contributed by atoms with Crippen LogP contribution in [0.15, 0.2) is 22.7 Å². The Bertz CT molecular complexity index is 381. The molecule has 0 aromatic carbocycles. The minimum absolute atomic E-state index is 0.344. The Balaban J connectivity index is 2.74. The lowest BCUT2D eigenvalue weighted by atomic mass is 10.3. The highest BCUT2D eigenvalue weighted by Gasteiger charge is 2.18. The van der Waals surface area contributed by atoms with E-state index in [0.29, 0.717) is 10.7 Å². The summed E-state index contributed by atoms with van der Waals surface area (Å²) in [6.45, 7) is 5.61. The first-order valence-corrected chi connectivity index (χ1v) is 5.96. The Morgan fingerprint density at radius 2 is 2.13 bits per heavy atom. The minimum Gasteiger partial charge on any atom is -0.254 e. The summed E-state index contributed by atoms with van der Waals surface area (Å²) in [4.78, 5) is 4.02. The van der Waals surface area contributed by atoms with Gasteiger partial charge in [0.05, 0.1) is 21.7 Å². The molecule has 0 saturated heterocycles. The van der Waals surface area contributed by atoms with Gasteiger partial charge < -0.3 is 0 Å². The first-order valence-electron chi connectivity index (χ1n) is 4.47. The van der Waals surface area contributed by atoms with Gasteiger partial charge in [-0.3, -0.25) is 4.98 Å². The fourth-order valence-corrected chi connectivity index (χ4v) is 1.36. The lowest BCUT2D eigenvalue weighted by molar-refractivity contribution is 0.651. The maximum absolute atomic E-state index is 11.6. The van der Waals surface area contributed by atoms with Gasteiger partial charge in [-0.05, 0) is 32.9 Å². The van der Waals surface area contributed by atoms with Crippen molar-refractivity contribution in [1.82, 2.24) is 4.98 Å². The molecule has 5 heteroatoms. The molecular formula is C10H13ClN2OS. The summed E-state index contributed by atoms with van der Waals surface area (Å²) in [5.41, 5.74) is 0.650. The van der Waals surface area contributed by atoms with E-state index < -0.39 is 11.0 Å². The summed E-state index contributed by atoms with van der Waals surface area (Å²) >= 11 is 5.68. The molecule has 0 fully saturated rings. The Kier molecular flexibility index (Phi) is 3.99. The van der Waals surface area contributed by atoms with Crippen LogP contribution in [0, 0.1) is 0 Å². The topological polar surface area (TPSA) is 42.3 Å². The highest BCUT2D eigenvalue weighted by Crippen LogP contribution is 2.12. The summed E-state index contributed by atoms with van der Waals surface area (Å²) < 4.78 is 15.2. The molecule has 15 heavy (non-hydrogen) atoms. The molecule has 82 valence electrons. The molecule has 0 unspecified atom stereocenters. The second-order valence-corrected chi connectivity index (χ2v) is 6.37. The molecule has 1 aromatic rings. The van der Waals surface area contributed by atoms with E-state index >= 15 is 0 Å². The Morgan fingerprint density at radius 3 is 2.60 bits per heavy atom. The first kappa shape index (κ1) is 12.3. The van der Waals surface area contributed by atoms with E-state index in [9.17, 15) is 4.21 Å².